The lowest BCUT2D eigenvalue weighted by molar-refractivity contribution is -0.112. The fourth-order valence-electron chi connectivity index (χ4n) is 2.06. The number of carbonyl (C=O) groups is 1. The molecular formula is C18H17N3O2S2. The number of nitrogens with one attached hydrogen (secondary N) is 1. The van der Waals surface area contributed by atoms with Crippen molar-refractivity contribution in [2.75, 3.05) is 5.32 Å². The fourth-order valence-corrected chi connectivity index (χ4v) is 3.57. The van der Waals surface area contributed by atoms with Crippen molar-refractivity contribution in [1.29, 1.82) is 0 Å². The number of nitrogens with zero attached hydrogens (tertiary/aromatic N) is 2. The molecule has 0 saturated heterocycles. The maximum atomic E-state index is 11.9. The van der Waals surface area contributed by atoms with E-state index in [1.807, 2.05) is 41.8 Å². The molecule has 3 aromatic rings. The predicted molar refractivity (Wildman–Crippen MR) is 103 cm³/mol. The van der Waals surface area contributed by atoms with Crippen LogP contribution in [0.4, 0.5) is 6.01 Å². The molecule has 0 atom stereocenters. The number of aromatic nitrogens is 2. The van der Waals surface area contributed by atoms with Crippen LogP contribution in [0.15, 0.2) is 57.2 Å². The predicted octanol–water partition coefficient (Wildman–Crippen LogP) is 4.95. The minimum Gasteiger partial charge on any atom is -0.403 e. The molecule has 2 heterocycles. The maximum Gasteiger partial charge on any atom is 0.322 e. The molecule has 0 aliphatic rings. The lowest BCUT2D eigenvalue weighted by atomic mass is 10.2. The summed E-state index contributed by atoms with van der Waals surface area (Å²) in [6.45, 7) is 4.28. The number of rotatable bonds is 6. The van der Waals surface area contributed by atoms with Gasteiger partial charge in [-0.05, 0) is 35.7 Å². The van der Waals surface area contributed by atoms with Gasteiger partial charge in [0.25, 0.3) is 5.91 Å². The Kier molecular flexibility index (Phi) is 5.67. The summed E-state index contributed by atoms with van der Waals surface area (Å²) in [4.78, 5) is 14.0. The van der Waals surface area contributed by atoms with Crippen LogP contribution in [-0.4, -0.2) is 21.4 Å². The highest BCUT2D eigenvalue weighted by atomic mass is 32.2. The van der Waals surface area contributed by atoms with Crippen molar-refractivity contribution in [3.05, 3.63) is 52.7 Å². The van der Waals surface area contributed by atoms with Gasteiger partial charge in [-0.25, -0.2) is 0 Å². The van der Waals surface area contributed by atoms with Crippen molar-refractivity contribution in [1.82, 2.24) is 10.2 Å². The molecule has 5 nitrogen and oxygen atoms in total. The number of benzene rings is 1. The van der Waals surface area contributed by atoms with Crippen molar-refractivity contribution in [2.45, 2.75) is 24.0 Å². The van der Waals surface area contributed by atoms with Crippen LogP contribution in [0.25, 0.3) is 17.5 Å². The van der Waals surface area contributed by atoms with E-state index < -0.39 is 0 Å². The van der Waals surface area contributed by atoms with E-state index in [0.717, 1.165) is 15.3 Å². The highest BCUT2D eigenvalue weighted by Gasteiger charge is 2.11. The van der Waals surface area contributed by atoms with Gasteiger partial charge in [0.2, 0.25) is 5.89 Å². The Hall–Kier alpha value is -2.38. The quantitative estimate of drug-likeness (QED) is 0.490. The molecule has 2 aromatic heterocycles. The Labute approximate surface area is 154 Å². The molecule has 0 fully saturated rings. The van der Waals surface area contributed by atoms with Crippen molar-refractivity contribution < 1.29 is 9.21 Å². The summed E-state index contributed by atoms with van der Waals surface area (Å²) < 4.78 is 5.54. The first-order valence-corrected chi connectivity index (χ1v) is 9.49. The number of hydrogen-bond donors (Lipinski definition) is 1. The topological polar surface area (TPSA) is 68.0 Å². The van der Waals surface area contributed by atoms with Crippen molar-refractivity contribution in [3.8, 4) is 11.5 Å². The standard InChI is InChI=1S/C18H17N3O2S2/c1-12(2)25-15-6-3-5-13(11-15)17-20-21-18(23-17)19-16(22)9-8-14-7-4-10-24-14/h3-12H,1-2H3,(H,19,21,22)/b9-8+. The Bertz CT molecular complexity index is 870. The highest BCUT2D eigenvalue weighted by molar-refractivity contribution is 7.99. The molecule has 0 spiro atoms. The molecule has 0 aliphatic heterocycles. The van der Waals surface area contributed by atoms with Crippen LogP contribution >= 0.6 is 23.1 Å². The maximum absolute atomic E-state index is 11.9. The highest BCUT2D eigenvalue weighted by Crippen LogP contribution is 2.28. The van der Waals surface area contributed by atoms with Crippen molar-refractivity contribution >= 4 is 41.1 Å². The van der Waals surface area contributed by atoms with Gasteiger partial charge in [0.15, 0.2) is 0 Å². The van der Waals surface area contributed by atoms with E-state index in [-0.39, 0.29) is 11.9 Å². The molecule has 0 bridgehead atoms. The number of thiophene rings is 1. The Morgan fingerprint density at radius 3 is 2.92 bits per heavy atom. The van der Waals surface area contributed by atoms with Gasteiger partial charge in [0.1, 0.15) is 0 Å². The third-order valence-corrected chi connectivity index (χ3v) is 4.89. The van der Waals surface area contributed by atoms with Crippen LogP contribution in [0.1, 0.15) is 18.7 Å². The van der Waals surface area contributed by atoms with E-state index in [4.69, 9.17) is 4.42 Å². The lowest BCUT2D eigenvalue weighted by Gasteiger charge is -2.05. The monoisotopic (exact) mass is 371 g/mol. The summed E-state index contributed by atoms with van der Waals surface area (Å²) >= 11 is 3.32. The van der Waals surface area contributed by atoms with Gasteiger partial charge in [-0.15, -0.1) is 28.2 Å². The molecule has 0 aliphatic carbocycles. The van der Waals surface area contributed by atoms with E-state index in [1.54, 1.807) is 29.2 Å². The van der Waals surface area contributed by atoms with Gasteiger partial charge in [-0.3, -0.25) is 10.1 Å². The van der Waals surface area contributed by atoms with E-state index in [2.05, 4.69) is 29.4 Å². The zero-order chi connectivity index (χ0) is 17.6. The molecular weight excluding hydrogens is 354 g/mol. The summed E-state index contributed by atoms with van der Waals surface area (Å²) in [5.74, 6) is 0.0662. The number of hydrogen-bond acceptors (Lipinski definition) is 6. The smallest absolute Gasteiger partial charge is 0.322 e. The first kappa shape index (κ1) is 17.4. The summed E-state index contributed by atoms with van der Waals surface area (Å²) in [5, 5.41) is 12.9. The summed E-state index contributed by atoms with van der Waals surface area (Å²) in [6, 6.07) is 11.8. The first-order chi connectivity index (χ1) is 12.1. The van der Waals surface area contributed by atoms with Crippen LogP contribution in [0.5, 0.6) is 0 Å². The number of thioether (sulfide) groups is 1. The first-order valence-electron chi connectivity index (χ1n) is 7.73. The summed E-state index contributed by atoms with van der Waals surface area (Å²) in [6.07, 6.45) is 3.18. The van der Waals surface area contributed by atoms with Crippen LogP contribution in [0.2, 0.25) is 0 Å². The van der Waals surface area contributed by atoms with Gasteiger partial charge < -0.3 is 4.42 Å². The normalized spacial score (nSPS) is 11.3. The Balaban J connectivity index is 1.67. The molecule has 1 N–H and O–H groups in total. The molecule has 128 valence electrons. The fraction of sp³-hybridized carbons (Fsp3) is 0.167. The zero-order valence-electron chi connectivity index (χ0n) is 13.8. The minimum atomic E-state index is -0.312. The third kappa shape index (κ3) is 5.04. The minimum absolute atomic E-state index is 0.0812. The van der Waals surface area contributed by atoms with Gasteiger partial charge >= 0.3 is 6.01 Å². The SMILES string of the molecule is CC(C)Sc1cccc(-c2nnc(NC(=O)/C=C/c3cccs3)o2)c1. The lowest BCUT2D eigenvalue weighted by Crippen LogP contribution is -2.07. The zero-order valence-corrected chi connectivity index (χ0v) is 15.4. The van der Waals surface area contributed by atoms with Crippen LogP contribution in [0.3, 0.4) is 0 Å². The molecule has 0 unspecified atom stereocenters. The van der Waals surface area contributed by atoms with Gasteiger partial charge in [-0.2, -0.15) is 0 Å². The van der Waals surface area contributed by atoms with E-state index >= 15 is 0 Å². The third-order valence-electron chi connectivity index (χ3n) is 3.05. The van der Waals surface area contributed by atoms with Crippen molar-refractivity contribution in [3.63, 3.8) is 0 Å². The molecule has 1 amide bonds. The second-order valence-corrected chi connectivity index (χ2v) is 8.07. The van der Waals surface area contributed by atoms with E-state index in [9.17, 15) is 4.79 Å². The summed E-state index contributed by atoms with van der Waals surface area (Å²) in [7, 11) is 0. The Morgan fingerprint density at radius 1 is 1.28 bits per heavy atom. The van der Waals surface area contributed by atoms with Gasteiger partial charge in [0, 0.05) is 26.7 Å². The van der Waals surface area contributed by atoms with Crippen LogP contribution in [-0.2, 0) is 4.79 Å². The van der Waals surface area contributed by atoms with Crippen molar-refractivity contribution in [2.24, 2.45) is 0 Å². The van der Waals surface area contributed by atoms with Crippen LogP contribution in [0, 0.1) is 0 Å². The average Bonchev–Trinajstić information content (AvgIpc) is 3.24. The van der Waals surface area contributed by atoms with E-state index in [1.165, 1.54) is 6.08 Å². The largest absolute Gasteiger partial charge is 0.403 e. The number of anilines is 1. The molecule has 0 saturated carbocycles. The second-order valence-electron chi connectivity index (χ2n) is 5.44. The van der Waals surface area contributed by atoms with Gasteiger partial charge in [-0.1, -0.05) is 31.1 Å². The molecule has 25 heavy (non-hydrogen) atoms. The molecule has 1 aromatic carbocycles. The second kappa shape index (κ2) is 8.13. The number of amides is 1. The molecule has 3 rings (SSSR count). The Morgan fingerprint density at radius 2 is 2.16 bits per heavy atom. The molecule has 0 radical (unpaired) electrons. The van der Waals surface area contributed by atoms with Crippen LogP contribution < -0.4 is 5.32 Å². The van der Waals surface area contributed by atoms with E-state index in [0.29, 0.717) is 11.1 Å². The summed E-state index contributed by atoms with van der Waals surface area (Å²) in [5.41, 5.74) is 0.827. The van der Waals surface area contributed by atoms with Gasteiger partial charge in [0.05, 0.1) is 0 Å². The molecule has 7 heteroatoms. The number of carbonyl (C=O) groups excluding carboxylic acids is 1. The average molecular weight is 371 g/mol.